The van der Waals surface area contributed by atoms with Crippen LogP contribution in [-0.4, -0.2) is 16.7 Å². The number of rotatable bonds is 8. The van der Waals surface area contributed by atoms with Gasteiger partial charge in [-0.3, -0.25) is 19.7 Å². The van der Waals surface area contributed by atoms with Crippen molar-refractivity contribution >= 4 is 63.8 Å². The van der Waals surface area contributed by atoms with Gasteiger partial charge in [0.15, 0.2) is 0 Å². The lowest BCUT2D eigenvalue weighted by atomic mass is 10.1. The van der Waals surface area contributed by atoms with Crippen LogP contribution >= 0.6 is 35.0 Å². The lowest BCUT2D eigenvalue weighted by Gasteiger charge is -2.18. The van der Waals surface area contributed by atoms with Gasteiger partial charge < -0.3 is 10.6 Å². The Morgan fingerprint density at radius 2 is 1.51 bits per heavy atom. The van der Waals surface area contributed by atoms with E-state index in [1.807, 2.05) is 30.3 Å². The molecular weight excluding hydrogens is 533 g/mol. The first kappa shape index (κ1) is 26.2. The van der Waals surface area contributed by atoms with Crippen molar-refractivity contribution in [3.63, 3.8) is 0 Å². The van der Waals surface area contributed by atoms with E-state index >= 15 is 0 Å². The Bertz CT molecular complexity index is 1430. The quantitative estimate of drug-likeness (QED) is 0.133. The molecule has 1 atom stereocenters. The zero-order valence-corrected chi connectivity index (χ0v) is 21.4. The summed E-state index contributed by atoms with van der Waals surface area (Å²) in [7, 11) is 0. The summed E-state index contributed by atoms with van der Waals surface area (Å²) >= 11 is 13.6. The molecule has 186 valence electrons. The summed E-state index contributed by atoms with van der Waals surface area (Å²) in [6.45, 7) is 0. The second-order valence-electron chi connectivity index (χ2n) is 7.80. The third-order valence-corrected chi connectivity index (χ3v) is 7.05. The summed E-state index contributed by atoms with van der Waals surface area (Å²) in [5, 5.41) is 16.7. The van der Waals surface area contributed by atoms with Gasteiger partial charge >= 0.3 is 0 Å². The first-order chi connectivity index (χ1) is 17.8. The van der Waals surface area contributed by atoms with Crippen LogP contribution in [0.2, 0.25) is 10.0 Å². The van der Waals surface area contributed by atoms with Crippen LogP contribution in [0.4, 0.5) is 17.1 Å². The number of carbonyl (C=O) groups excluding carboxylic acids is 2. The number of halogens is 2. The van der Waals surface area contributed by atoms with Gasteiger partial charge in [0.25, 0.3) is 11.6 Å². The van der Waals surface area contributed by atoms with Gasteiger partial charge in [0.05, 0.1) is 15.6 Å². The number of hydrogen-bond acceptors (Lipinski definition) is 5. The zero-order chi connectivity index (χ0) is 26.4. The van der Waals surface area contributed by atoms with Gasteiger partial charge in [-0.25, -0.2) is 0 Å². The minimum Gasteiger partial charge on any atom is -0.323 e. The Balaban J connectivity index is 1.47. The van der Waals surface area contributed by atoms with E-state index in [-0.39, 0.29) is 11.6 Å². The molecule has 2 amide bonds. The van der Waals surface area contributed by atoms with Gasteiger partial charge in [0.2, 0.25) is 5.91 Å². The van der Waals surface area contributed by atoms with Crippen molar-refractivity contribution < 1.29 is 14.5 Å². The molecule has 10 heteroatoms. The molecule has 0 heterocycles. The number of nitro benzene ring substituents is 1. The normalized spacial score (nSPS) is 11.4. The summed E-state index contributed by atoms with van der Waals surface area (Å²) < 4.78 is 0. The molecule has 0 fully saturated rings. The van der Waals surface area contributed by atoms with Crippen LogP contribution in [0.15, 0.2) is 102 Å². The fraction of sp³-hybridized carbons (Fsp3) is 0.0370. The van der Waals surface area contributed by atoms with Crippen molar-refractivity contribution in [1.29, 1.82) is 0 Å². The molecule has 2 N–H and O–H groups in total. The van der Waals surface area contributed by atoms with Crippen molar-refractivity contribution in [3.05, 3.63) is 128 Å². The largest absolute Gasteiger partial charge is 0.323 e. The van der Waals surface area contributed by atoms with E-state index < -0.39 is 16.1 Å². The number of hydrogen-bond donors (Lipinski definition) is 2. The Morgan fingerprint density at radius 1 is 0.838 bits per heavy atom. The summed E-state index contributed by atoms with van der Waals surface area (Å²) in [5.74, 6) is -0.646. The maximum atomic E-state index is 13.3. The SMILES string of the molecule is O=C(Nc1ccc(SC(C(=O)Nc2ccc(Cl)cc2Cl)c2ccccc2)cc1)c1ccc([N+](=O)[O-])cc1. The molecule has 0 aliphatic heterocycles. The highest BCUT2D eigenvalue weighted by atomic mass is 35.5. The first-order valence-corrected chi connectivity index (χ1v) is 12.6. The molecule has 0 bridgehead atoms. The smallest absolute Gasteiger partial charge is 0.269 e. The van der Waals surface area contributed by atoms with Gasteiger partial charge in [-0.05, 0) is 60.2 Å². The topological polar surface area (TPSA) is 101 Å². The molecule has 0 aliphatic carbocycles. The second-order valence-corrected chi connectivity index (χ2v) is 9.83. The molecule has 1 unspecified atom stereocenters. The fourth-order valence-electron chi connectivity index (χ4n) is 3.38. The average molecular weight is 552 g/mol. The van der Waals surface area contributed by atoms with Gasteiger partial charge in [-0.15, -0.1) is 11.8 Å². The van der Waals surface area contributed by atoms with Crippen LogP contribution in [0.5, 0.6) is 0 Å². The average Bonchev–Trinajstić information content (AvgIpc) is 2.90. The molecule has 4 aromatic carbocycles. The Kier molecular flexibility index (Phi) is 8.45. The maximum absolute atomic E-state index is 13.3. The van der Waals surface area contributed by atoms with Crippen LogP contribution in [-0.2, 0) is 4.79 Å². The Hall–Kier alpha value is -3.85. The molecule has 0 radical (unpaired) electrons. The summed E-state index contributed by atoms with van der Waals surface area (Å²) in [6.07, 6.45) is 0. The molecule has 7 nitrogen and oxygen atoms in total. The number of benzene rings is 4. The predicted octanol–water partition coefficient (Wildman–Crippen LogP) is 7.63. The molecule has 0 aromatic heterocycles. The number of nitrogens with zero attached hydrogens (tertiary/aromatic N) is 1. The van der Waals surface area contributed by atoms with Crippen molar-refractivity contribution in [1.82, 2.24) is 0 Å². The number of amides is 2. The minimum absolute atomic E-state index is 0.0896. The van der Waals surface area contributed by atoms with Crippen molar-refractivity contribution in [2.24, 2.45) is 0 Å². The minimum atomic E-state index is -0.575. The van der Waals surface area contributed by atoms with E-state index in [1.165, 1.54) is 36.0 Å². The highest BCUT2D eigenvalue weighted by Gasteiger charge is 2.23. The second kappa shape index (κ2) is 11.9. The van der Waals surface area contributed by atoms with Gasteiger partial charge in [-0.1, -0.05) is 53.5 Å². The van der Waals surface area contributed by atoms with Gasteiger partial charge in [-0.2, -0.15) is 0 Å². The fourth-order valence-corrected chi connectivity index (χ4v) is 4.86. The zero-order valence-electron chi connectivity index (χ0n) is 19.1. The summed E-state index contributed by atoms with van der Waals surface area (Å²) in [4.78, 5) is 36.8. The van der Waals surface area contributed by atoms with Crippen LogP contribution in [0.25, 0.3) is 0 Å². The number of nitro groups is 1. The van der Waals surface area contributed by atoms with Gasteiger partial charge in [0, 0.05) is 33.3 Å². The van der Waals surface area contributed by atoms with Gasteiger partial charge in [0.1, 0.15) is 5.25 Å². The van der Waals surface area contributed by atoms with E-state index in [1.54, 1.807) is 42.5 Å². The number of carbonyl (C=O) groups is 2. The maximum Gasteiger partial charge on any atom is 0.269 e. The molecule has 37 heavy (non-hydrogen) atoms. The van der Waals surface area contributed by atoms with E-state index in [9.17, 15) is 19.7 Å². The highest BCUT2D eigenvalue weighted by Crippen LogP contribution is 2.37. The lowest BCUT2D eigenvalue weighted by molar-refractivity contribution is -0.384. The molecule has 4 rings (SSSR count). The standard InChI is InChI=1S/C27H19Cl2N3O4S/c28-19-8-15-24(23(29)16-19)31-27(34)25(17-4-2-1-3-5-17)37-22-13-9-20(10-14-22)30-26(33)18-6-11-21(12-7-18)32(35)36/h1-16,25H,(H,30,33)(H,31,34). The van der Waals surface area contributed by atoms with Crippen molar-refractivity contribution in [2.75, 3.05) is 10.6 Å². The molecule has 0 saturated heterocycles. The summed E-state index contributed by atoms with van der Waals surface area (Å²) in [6, 6.07) is 26.6. The third kappa shape index (κ3) is 6.89. The first-order valence-electron chi connectivity index (χ1n) is 10.9. The van der Waals surface area contributed by atoms with Crippen LogP contribution in [0, 0.1) is 10.1 Å². The van der Waals surface area contributed by atoms with Crippen LogP contribution in [0.1, 0.15) is 21.2 Å². The summed E-state index contributed by atoms with van der Waals surface area (Å²) in [5.41, 5.74) is 2.02. The molecule has 4 aromatic rings. The molecule has 0 saturated carbocycles. The number of thioether (sulfide) groups is 1. The molecule has 0 spiro atoms. The number of nitrogens with one attached hydrogen (secondary N) is 2. The highest BCUT2D eigenvalue weighted by molar-refractivity contribution is 8.00. The Labute approximate surface area is 227 Å². The molecular formula is C27H19Cl2N3O4S. The number of non-ortho nitro benzene ring substituents is 1. The van der Waals surface area contributed by atoms with E-state index in [2.05, 4.69) is 10.6 Å². The Morgan fingerprint density at radius 3 is 2.14 bits per heavy atom. The van der Waals surface area contributed by atoms with E-state index in [4.69, 9.17) is 23.2 Å². The van der Waals surface area contributed by atoms with Crippen molar-refractivity contribution in [3.8, 4) is 0 Å². The predicted molar refractivity (Wildman–Crippen MR) is 148 cm³/mol. The van der Waals surface area contributed by atoms with E-state index in [0.717, 1.165) is 10.5 Å². The lowest BCUT2D eigenvalue weighted by Crippen LogP contribution is -2.19. The van der Waals surface area contributed by atoms with Crippen LogP contribution in [0.3, 0.4) is 0 Å². The van der Waals surface area contributed by atoms with E-state index in [0.29, 0.717) is 27.0 Å². The molecule has 0 aliphatic rings. The van der Waals surface area contributed by atoms with Crippen LogP contribution < -0.4 is 10.6 Å². The number of anilines is 2. The van der Waals surface area contributed by atoms with Crippen molar-refractivity contribution in [2.45, 2.75) is 10.1 Å². The monoisotopic (exact) mass is 551 g/mol. The third-order valence-electron chi connectivity index (χ3n) is 5.24.